The van der Waals surface area contributed by atoms with Crippen LogP contribution in [-0.2, 0) is 4.79 Å². The summed E-state index contributed by atoms with van der Waals surface area (Å²) in [5.74, 6) is 0.496. The van der Waals surface area contributed by atoms with Crippen molar-refractivity contribution in [3.05, 3.63) is 0 Å². The summed E-state index contributed by atoms with van der Waals surface area (Å²) in [5, 5.41) is 6.48. The summed E-state index contributed by atoms with van der Waals surface area (Å²) in [6.45, 7) is 6.31. The van der Waals surface area contributed by atoms with Crippen molar-refractivity contribution < 1.29 is 4.79 Å². The van der Waals surface area contributed by atoms with Gasteiger partial charge in [0.05, 0.1) is 0 Å². The number of nitrogens with one attached hydrogen (secondary N) is 2. The first-order chi connectivity index (χ1) is 7.27. The molecule has 0 spiro atoms. The van der Waals surface area contributed by atoms with Crippen molar-refractivity contribution in [2.75, 3.05) is 13.1 Å². The van der Waals surface area contributed by atoms with Crippen LogP contribution in [0.1, 0.15) is 46.0 Å². The molecule has 0 aliphatic carbocycles. The van der Waals surface area contributed by atoms with Crippen molar-refractivity contribution in [1.82, 2.24) is 10.6 Å². The van der Waals surface area contributed by atoms with Gasteiger partial charge in [-0.1, -0.05) is 20.3 Å². The summed E-state index contributed by atoms with van der Waals surface area (Å²) in [5.41, 5.74) is 0. The summed E-state index contributed by atoms with van der Waals surface area (Å²) in [6, 6.07) is 0.407. The van der Waals surface area contributed by atoms with Gasteiger partial charge >= 0.3 is 0 Å². The molecule has 1 atom stereocenters. The fourth-order valence-electron chi connectivity index (χ4n) is 2.15. The Morgan fingerprint density at radius 2 is 2.07 bits per heavy atom. The largest absolute Gasteiger partial charge is 0.353 e. The summed E-state index contributed by atoms with van der Waals surface area (Å²) < 4.78 is 0. The predicted molar refractivity (Wildman–Crippen MR) is 62.7 cm³/mol. The first-order valence-corrected chi connectivity index (χ1v) is 6.29. The van der Waals surface area contributed by atoms with E-state index in [9.17, 15) is 4.79 Å². The van der Waals surface area contributed by atoms with Gasteiger partial charge in [0.1, 0.15) is 0 Å². The van der Waals surface area contributed by atoms with E-state index in [0.717, 1.165) is 45.2 Å². The fraction of sp³-hybridized carbons (Fsp3) is 0.917. The molecule has 0 saturated carbocycles. The Balaban J connectivity index is 2.31. The highest BCUT2D eigenvalue weighted by atomic mass is 16.1. The summed E-state index contributed by atoms with van der Waals surface area (Å²) in [7, 11) is 0. The number of hydrogen-bond donors (Lipinski definition) is 2. The van der Waals surface area contributed by atoms with Gasteiger partial charge in [0, 0.05) is 12.0 Å². The van der Waals surface area contributed by atoms with Crippen molar-refractivity contribution >= 4 is 5.91 Å². The number of piperidine rings is 1. The Morgan fingerprint density at radius 1 is 1.40 bits per heavy atom. The molecule has 3 nitrogen and oxygen atoms in total. The van der Waals surface area contributed by atoms with Gasteiger partial charge in [0.2, 0.25) is 5.91 Å². The third-order valence-corrected chi connectivity index (χ3v) is 3.19. The molecule has 0 aromatic carbocycles. The molecule has 1 aliphatic heterocycles. The van der Waals surface area contributed by atoms with Crippen molar-refractivity contribution in [2.24, 2.45) is 5.92 Å². The lowest BCUT2D eigenvalue weighted by molar-refractivity contribution is -0.126. The summed E-state index contributed by atoms with van der Waals surface area (Å²) in [6.07, 6.45) is 5.23. The molecule has 1 rings (SSSR count). The predicted octanol–water partition coefficient (Wildman–Crippen LogP) is 1.68. The maximum absolute atomic E-state index is 11.9. The van der Waals surface area contributed by atoms with Gasteiger partial charge in [-0.2, -0.15) is 0 Å². The van der Waals surface area contributed by atoms with E-state index in [0.29, 0.717) is 6.04 Å². The maximum Gasteiger partial charge on any atom is 0.223 e. The number of rotatable bonds is 5. The zero-order valence-electron chi connectivity index (χ0n) is 10.0. The normalized spacial score (nSPS) is 19.9. The molecule has 2 N–H and O–H groups in total. The van der Waals surface area contributed by atoms with Crippen LogP contribution in [0.15, 0.2) is 0 Å². The van der Waals surface area contributed by atoms with E-state index in [-0.39, 0.29) is 11.8 Å². The van der Waals surface area contributed by atoms with E-state index in [2.05, 4.69) is 24.5 Å². The molecule has 0 bridgehead atoms. The molecule has 1 aliphatic rings. The second-order valence-electron chi connectivity index (χ2n) is 4.43. The second kappa shape index (κ2) is 6.83. The molecule has 0 radical (unpaired) electrons. The van der Waals surface area contributed by atoms with Gasteiger partial charge in [0.25, 0.3) is 0 Å². The summed E-state index contributed by atoms with van der Waals surface area (Å²) >= 11 is 0. The van der Waals surface area contributed by atoms with E-state index in [4.69, 9.17) is 0 Å². The number of hydrogen-bond acceptors (Lipinski definition) is 2. The molecular formula is C12H24N2O. The van der Waals surface area contributed by atoms with Crippen molar-refractivity contribution in [3.63, 3.8) is 0 Å². The molecule has 1 saturated heterocycles. The monoisotopic (exact) mass is 212 g/mol. The van der Waals surface area contributed by atoms with Gasteiger partial charge in [-0.15, -0.1) is 0 Å². The molecule has 1 heterocycles. The molecule has 1 unspecified atom stereocenters. The smallest absolute Gasteiger partial charge is 0.223 e. The van der Waals surface area contributed by atoms with E-state index in [1.54, 1.807) is 0 Å². The van der Waals surface area contributed by atoms with Crippen molar-refractivity contribution in [2.45, 2.75) is 52.0 Å². The average Bonchev–Trinajstić information content (AvgIpc) is 2.27. The van der Waals surface area contributed by atoms with Gasteiger partial charge in [-0.05, 0) is 38.8 Å². The van der Waals surface area contributed by atoms with E-state index in [1.807, 2.05) is 0 Å². The van der Waals surface area contributed by atoms with Gasteiger partial charge in [-0.25, -0.2) is 0 Å². The Morgan fingerprint density at radius 3 is 2.60 bits per heavy atom. The fourth-order valence-corrected chi connectivity index (χ4v) is 2.15. The average molecular weight is 212 g/mol. The van der Waals surface area contributed by atoms with Gasteiger partial charge in [0.15, 0.2) is 0 Å². The zero-order chi connectivity index (χ0) is 11.1. The van der Waals surface area contributed by atoms with Crippen molar-refractivity contribution in [3.8, 4) is 0 Å². The van der Waals surface area contributed by atoms with Crippen LogP contribution >= 0.6 is 0 Å². The van der Waals surface area contributed by atoms with Crippen LogP contribution in [0.5, 0.6) is 0 Å². The lowest BCUT2D eigenvalue weighted by atomic mass is 9.98. The van der Waals surface area contributed by atoms with Crippen LogP contribution in [0.2, 0.25) is 0 Å². The zero-order valence-corrected chi connectivity index (χ0v) is 10.0. The summed E-state index contributed by atoms with van der Waals surface area (Å²) in [4.78, 5) is 11.9. The Bertz CT molecular complexity index is 188. The molecule has 0 aromatic heterocycles. The standard InChI is InChI=1S/C12H24N2O/c1-3-5-10(4-2)12(15)14-11-6-8-13-9-7-11/h10-11,13H,3-9H2,1-2H3,(H,14,15). The molecule has 88 valence electrons. The highest BCUT2D eigenvalue weighted by molar-refractivity contribution is 5.78. The third kappa shape index (κ3) is 4.20. The number of carbonyl (C=O) groups excluding carboxylic acids is 1. The molecule has 0 aromatic rings. The molecule has 3 heteroatoms. The maximum atomic E-state index is 11.9. The van der Waals surface area contributed by atoms with E-state index in [1.165, 1.54) is 0 Å². The molecular weight excluding hydrogens is 188 g/mol. The van der Waals surface area contributed by atoms with Crippen LogP contribution in [0, 0.1) is 5.92 Å². The highest BCUT2D eigenvalue weighted by Gasteiger charge is 2.20. The molecule has 1 amide bonds. The van der Waals surface area contributed by atoms with Crippen molar-refractivity contribution in [1.29, 1.82) is 0 Å². The SMILES string of the molecule is CCCC(CC)C(=O)NC1CCNCC1. The lowest BCUT2D eigenvalue weighted by Gasteiger charge is -2.25. The van der Waals surface area contributed by atoms with Crippen LogP contribution in [0.4, 0.5) is 0 Å². The second-order valence-corrected chi connectivity index (χ2v) is 4.43. The topological polar surface area (TPSA) is 41.1 Å². The molecule has 15 heavy (non-hydrogen) atoms. The highest BCUT2D eigenvalue weighted by Crippen LogP contribution is 2.12. The Labute approximate surface area is 93.0 Å². The quantitative estimate of drug-likeness (QED) is 0.728. The minimum Gasteiger partial charge on any atom is -0.353 e. The van der Waals surface area contributed by atoms with Crippen LogP contribution < -0.4 is 10.6 Å². The van der Waals surface area contributed by atoms with Crippen LogP contribution in [0.3, 0.4) is 0 Å². The lowest BCUT2D eigenvalue weighted by Crippen LogP contribution is -2.44. The number of amides is 1. The minimum absolute atomic E-state index is 0.227. The van der Waals surface area contributed by atoms with Gasteiger partial charge in [-0.3, -0.25) is 4.79 Å². The van der Waals surface area contributed by atoms with E-state index >= 15 is 0 Å². The Kier molecular flexibility index (Phi) is 5.69. The van der Waals surface area contributed by atoms with E-state index < -0.39 is 0 Å². The van der Waals surface area contributed by atoms with Crippen LogP contribution in [-0.4, -0.2) is 25.0 Å². The minimum atomic E-state index is 0.227. The number of carbonyl (C=O) groups is 1. The first-order valence-electron chi connectivity index (χ1n) is 6.29. The van der Waals surface area contributed by atoms with Crippen LogP contribution in [0.25, 0.3) is 0 Å². The third-order valence-electron chi connectivity index (χ3n) is 3.19. The molecule has 1 fully saturated rings. The van der Waals surface area contributed by atoms with Gasteiger partial charge < -0.3 is 10.6 Å². The Hall–Kier alpha value is -0.570. The first kappa shape index (κ1) is 12.5.